The minimum absolute atomic E-state index is 0.168. The minimum atomic E-state index is -4.91. The van der Waals surface area contributed by atoms with Crippen LogP contribution in [0.1, 0.15) is 29.0 Å². The van der Waals surface area contributed by atoms with Crippen molar-refractivity contribution in [2.75, 3.05) is 26.2 Å². The van der Waals surface area contributed by atoms with Gasteiger partial charge in [0.15, 0.2) is 6.19 Å². The van der Waals surface area contributed by atoms with Gasteiger partial charge in [0, 0.05) is 32.1 Å². The molecule has 31 heavy (non-hydrogen) atoms. The van der Waals surface area contributed by atoms with E-state index in [9.17, 15) is 31.1 Å². The fourth-order valence-corrected chi connectivity index (χ4v) is 3.99. The molecule has 0 aliphatic carbocycles. The predicted octanol–water partition coefficient (Wildman–Crippen LogP) is 2.58. The summed E-state index contributed by atoms with van der Waals surface area (Å²) in [4.78, 5) is 15.5. The van der Waals surface area contributed by atoms with Crippen molar-refractivity contribution in [2.45, 2.75) is 36.8 Å². The van der Waals surface area contributed by atoms with Crippen LogP contribution in [-0.2, 0) is 11.0 Å². The van der Waals surface area contributed by atoms with Crippen LogP contribution in [0.3, 0.4) is 0 Å². The molecule has 0 aromatic heterocycles. The molecule has 12 heteroatoms. The summed E-state index contributed by atoms with van der Waals surface area (Å²) in [6, 6.07) is 0.429. The molecule has 0 saturated carbocycles. The van der Waals surface area contributed by atoms with Crippen LogP contribution >= 0.6 is 0 Å². The molecule has 2 aliphatic heterocycles. The Morgan fingerprint density at radius 2 is 1.71 bits per heavy atom. The van der Waals surface area contributed by atoms with E-state index in [2.05, 4.69) is 5.32 Å². The van der Waals surface area contributed by atoms with Gasteiger partial charge in [0.05, 0.1) is 23.2 Å². The molecule has 1 N–H and O–H groups in total. The molecule has 3 atom stereocenters. The molecule has 3 rings (SSSR count). The number of carbonyl (C=O) groups excluding carboxylic acids is 1. The summed E-state index contributed by atoms with van der Waals surface area (Å²) in [5, 5.41) is 20.0. The first-order valence-corrected chi connectivity index (χ1v) is 9.33. The third-order valence-corrected chi connectivity index (χ3v) is 5.55. The maximum Gasteiger partial charge on any atom is 0.417 e. The number of alkyl halides is 6. The molecule has 2 fully saturated rings. The van der Waals surface area contributed by atoms with Gasteiger partial charge in [-0.1, -0.05) is 6.07 Å². The lowest BCUT2D eigenvalue weighted by molar-refractivity contribution is -0.156. The van der Waals surface area contributed by atoms with Crippen molar-refractivity contribution >= 4 is 5.91 Å². The summed E-state index contributed by atoms with van der Waals surface area (Å²) in [5.41, 5.74) is -2.24. The lowest BCUT2D eigenvalue weighted by Crippen LogP contribution is -2.53. The standard InChI is InChI=1S/C19H17F6N5O/c20-18(21,22)14-7-11(1-2-12(14)9-26)13-8-15(28-16(13)19(23,24)25)17(31)30-5-3-29(10-27)4-6-30/h1-2,7,13,15-16,28H,3-6,8H2. The van der Waals surface area contributed by atoms with Crippen LogP contribution in [-0.4, -0.2) is 60.1 Å². The van der Waals surface area contributed by atoms with Gasteiger partial charge in [-0.05, 0) is 24.1 Å². The van der Waals surface area contributed by atoms with Gasteiger partial charge in [-0.15, -0.1) is 0 Å². The number of nitrogens with zero attached hydrogens (tertiary/aromatic N) is 4. The average Bonchev–Trinajstić information content (AvgIpc) is 3.18. The van der Waals surface area contributed by atoms with Crippen LogP contribution in [0.2, 0.25) is 0 Å². The van der Waals surface area contributed by atoms with Gasteiger partial charge in [0.25, 0.3) is 0 Å². The Morgan fingerprint density at radius 3 is 2.23 bits per heavy atom. The number of rotatable bonds is 2. The molecule has 1 amide bonds. The summed E-state index contributed by atoms with van der Waals surface area (Å²) in [7, 11) is 0. The van der Waals surface area contributed by atoms with E-state index in [1.54, 1.807) is 0 Å². The highest BCUT2D eigenvalue weighted by molar-refractivity contribution is 5.82. The molecule has 1 aromatic rings. The molecule has 0 spiro atoms. The molecular formula is C19H17F6N5O. The lowest BCUT2D eigenvalue weighted by Gasteiger charge is -2.33. The fourth-order valence-electron chi connectivity index (χ4n) is 3.99. The number of halogens is 6. The minimum Gasteiger partial charge on any atom is -0.338 e. The summed E-state index contributed by atoms with van der Waals surface area (Å²) < 4.78 is 80.7. The average molecular weight is 445 g/mol. The number of hydrogen-bond acceptors (Lipinski definition) is 5. The molecule has 2 heterocycles. The highest BCUT2D eigenvalue weighted by atomic mass is 19.4. The number of carbonyl (C=O) groups is 1. The summed E-state index contributed by atoms with van der Waals surface area (Å²) >= 11 is 0. The van der Waals surface area contributed by atoms with Crippen molar-refractivity contribution in [2.24, 2.45) is 0 Å². The zero-order valence-electron chi connectivity index (χ0n) is 16.0. The molecule has 1 aromatic carbocycles. The van der Waals surface area contributed by atoms with Crippen molar-refractivity contribution in [1.82, 2.24) is 15.1 Å². The monoisotopic (exact) mass is 445 g/mol. The van der Waals surface area contributed by atoms with Gasteiger partial charge in [0.1, 0.15) is 6.04 Å². The second-order valence-electron chi connectivity index (χ2n) is 7.41. The number of amides is 1. The van der Waals surface area contributed by atoms with E-state index in [1.807, 2.05) is 6.19 Å². The van der Waals surface area contributed by atoms with E-state index in [4.69, 9.17) is 10.5 Å². The first kappa shape index (κ1) is 22.7. The maximum atomic E-state index is 13.6. The smallest absolute Gasteiger partial charge is 0.338 e. The van der Waals surface area contributed by atoms with Gasteiger partial charge in [-0.2, -0.15) is 36.9 Å². The van der Waals surface area contributed by atoms with E-state index in [-0.39, 0.29) is 38.2 Å². The third kappa shape index (κ3) is 4.69. The topological polar surface area (TPSA) is 83.2 Å². The van der Waals surface area contributed by atoms with Crippen LogP contribution < -0.4 is 5.32 Å². The molecule has 6 nitrogen and oxygen atoms in total. The Balaban J connectivity index is 1.87. The van der Waals surface area contributed by atoms with Crippen molar-refractivity contribution in [3.8, 4) is 12.3 Å². The highest BCUT2D eigenvalue weighted by Gasteiger charge is 2.53. The van der Waals surface area contributed by atoms with Crippen LogP contribution in [0.4, 0.5) is 26.3 Å². The van der Waals surface area contributed by atoms with E-state index < -0.39 is 47.4 Å². The van der Waals surface area contributed by atoms with Crippen LogP contribution in [0.5, 0.6) is 0 Å². The zero-order valence-corrected chi connectivity index (χ0v) is 16.0. The van der Waals surface area contributed by atoms with Gasteiger partial charge in [0.2, 0.25) is 5.91 Å². The molecule has 0 radical (unpaired) electrons. The van der Waals surface area contributed by atoms with E-state index >= 15 is 0 Å². The third-order valence-electron chi connectivity index (χ3n) is 5.55. The van der Waals surface area contributed by atoms with E-state index in [0.717, 1.165) is 12.1 Å². The first-order chi connectivity index (χ1) is 14.5. The quantitative estimate of drug-likeness (QED) is 0.559. The number of benzene rings is 1. The number of nitrogens with one attached hydrogen (secondary N) is 1. The SMILES string of the molecule is N#Cc1ccc(C2CC(C(=O)N3CCN(C#N)CC3)NC2C(F)(F)F)cc1C(F)(F)F. The number of hydrogen-bond donors (Lipinski definition) is 1. The Morgan fingerprint density at radius 1 is 1.06 bits per heavy atom. The second-order valence-corrected chi connectivity index (χ2v) is 7.41. The first-order valence-electron chi connectivity index (χ1n) is 9.33. The van der Waals surface area contributed by atoms with Crippen molar-refractivity contribution in [3.63, 3.8) is 0 Å². The Bertz CT molecular complexity index is 924. The van der Waals surface area contributed by atoms with Gasteiger partial charge >= 0.3 is 12.4 Å². The summed E-state index contributed by atoms with van der Waals surface area (Å²) in [6.07, 6.45) is -8.12. The molecule has 2 aliphatic rings. The van der Waals surface area contributed by atoms with Gasteiger partial charge < -0.3 is 9.80 Å². The summed E-state index contributed by atoms with van der Waals surface area (Å²) in [5.74, 6) is -2.01. The molecule has 2 saturated heterocycles. The highest BCUT2D eigenvalue weighted by Crippen LogP contribution is 2.42. The molecule has 166 valence electrons. The Labute approximate surface area is 173 Å². The van der Waals surface area contributed by atoms with Gasteiger partial charge in [-0.3, -0.25) is 10.1 Å². The number of nitriles is 2. The van der Waals surface area contributed by atoms with Crippen molar-refractivity contribution in [3.05, 3.63) is 34.9 Å². The lowest BCUT2D eigenvalue weighted by atomic mass is 9.88. The Kier molecular flexibility index (Phi) is 6.05. The zero-order chi connectivity index (χ0) is 23.0. The Hall–Kier alpha value is -2.99. The van der Waals surface area contributed by atoms with E-state index in [1.165, 1.54) is 15.9 Å². The van der Waals surface area contributed by atoms with Gasteiger partial charge in [-0.25, -0.2) is 0 Å². The molecular weight excluding hydrogens is 428 g/mol. The van der Waals surface area contributed by atoms with Crippen molar-refractivity contribution in [1.29, 1.82) is 10.5 Å². The van der Waals surface area contributed by atoms with Crippen LogP contribution in [0.25, 0.3) is 0 Å². The molecule has 0 bridgehead atoms. The fraction of sp³-hybridized carbons (Fsp3) is 0.526. The summed E-state index contributed by atoms with van der Waals surface area (Å²) in [6.45, 7) is 0.847. The van der Waals surface area contributed by atoms with Crippen LogP contribution in [0.15, 0.2) is 18.2 Å². The van der Waals surface area contributed by atoms with E-state index in [0.29, 0.717) is 6.07 Å². The van der Waals surface area contributed by atoms with Crippen LogP contribution in [0, 0.1) is 22.8 Å². The number of piperazine rings is 1. The molecule has 3 unspecified atom stereocenters. The maximum absolute atomic E-state index is 13.6. The second kappa shape index (κ2) is 8.27. The normalized spacial score (nSPS) is 24.6. The predicted molar refractivity (Wildman–Crippen MR) is 94.0 cm³/mol. The largest absolute Gasteiger partial charge is 0.417 e. The van der Waals surface area contributed by atoms with Crippen molar-refractivity contribution < 1.29 is 31.1 Å².